The van der Waals surface area contributed by atoms with Crippen LogP contribution in [0.5, 0.6) is 0 Å². The van der Waals surface area contributed by atoms with Crippen LogP contribution in [0.3, 0.4) is 0 Å². The average molecular weight is 291 g/mol. The van der Waals surface area contributed by atoms with Gasteiger partial charge in [0, 0.05) is 0 Å². The lowest BCUT2D eigenvalue weighted by molar-refractivity contribution is 0.102. The molecule has 1 heterocycles. The molecule has 0 atom stereocenters. The van der Waals surface area contributed by atoms with Gasteiger partial charge in [-0.15, -0.1) is 0 Å². The monoisotopic (exact) mass is 290 g/mol. The molecule has 2 rings (SSSR count). The normalized spacial score (nSPS) is 9.85. The average Bonchev–Trinajstić information content (AvgIpc) is 2.43. The molecule has 0 radical (unpaired) electrons. The lowest BCUT2D eigenvalue weighted by Crippen LogP contribution is -2.15. The number of aromatic nitrogens is 1. The van der Waals surface area contributed by atoms with Crippen LogP contribution >= 0.6 is 11.6 Å². The summed E-state index contributed by atoms with van der Waals surface area (Å²) in [6.45, 7) is 0. The lowest BCUT2D eigenvalue weighted by atomic mass is 10.1. The highest BCUT2D eigenvalue weighted by molar-refractivity contribution is 6.30. The van der Waals surface area contributed by atoms with Gasteiger partial charge in [0.2, 0.25) is 0 Å². The zero-order chi connectivity index (χ0) is 14.7. The van der Waals surface area contributed by atoms with Gasteiger partial charge in [-0.1, -0.05) is 11.6 Å². The van der Waals surface area contributed by atoms with Gasteiger partial charge in [-0.2, -0.15) is 5.26 Å². The van der Waals surface area contributed by atoms with Crippen LogP contribution in [0.25, 0.3) is 0 Å². The number of carbonyl (C=O) groups excluding carboxylic acids is 1. The minimum Gasteiger partial charge on any atom is -0.397 e. The Morgan fingerprint density at radius 2 is 2.20 bits per heavy atom. The highest BCUT2D eigenvalue weighted by Crippen LogP contribution is 2.20. The molecule has 0 saturated carbocycles. The summed E-state index contributed by atoms with van der Waals surface area (Å²) < 4.78 is 13.0. The number of nitrogens with zero attached hydrogens (tertiary/aromatic N) is 2. The number of rotatable bonds is 2. The minimum atomic E-state index is -0.564. The van der Waals surface area contributed by atoms with E-state index in [1.807, 2.05) is 0 Å². The summed E-state index contributed by atoms with van der Waals surface area (Å²) in [7, 11) is 0. The highest BCUT2D eigenvalue weighted by Gasteiger charge is 2.13. The van der Waals surface area contributed by atoms with Gasteiger partial charge in [0.25, 0.3) is 5.91 Å². The van der Waals surface area contributed by atoms with E-state index in [-0.39, 0.29) is 27.7 Å². The van der Waals surface area contributed by atoms with Crippen LogP contribution in [0.4, 0.5) is 15.8 Å². The predicted octanol–water partition coefficient (Wildman–Crippen LogP) is 2.58. The SMILES string of the molecule is N#Cc1cc(F)ccc1NC(=O)c1cc(Cl)ncc1N. The molecule has 5 nitrogen and oxygen atoms in total. The summed E-state index contributed by atoms with van der Waals surface area (Å²) in [5.74, 6) is -1.12. The molecule has 1 aromatic heterocycles. The van der Waals surface area contributed by atoms with Gasteiger partial charge in [-0.05, 0) is 24.3 Å². The molecule has 0 spiro atoms. The van der Waals surface area contributed by atoms with Crippen LogP contribution in [-0.2, 0) is 0 Å². The number of nitrogens with one attached hydrogen (secondary N) is 1. The molecule has 0 aliphatic heterocycles. The molecule has 20 heavy (non-hydrogen) atoms. The maximum absolute atomic E-state index is 13.0. The van der Waals surface area contributed by atoms with Gasteiger partial charge in [-0.25, -0.2) is 9.37 Å². The van der Waals surface area contributed by atoms with E-state index in [2.05, 4.69) is 10.3 Å². The first kappa shape index (κ1) is 13.8. The first-order valence-corrected chi connectivity index (χ1v) is 5.81. The number of benzene rings is 1. The van der Waals surface area contributed by atoms with Crippen LogP contribution in [0.2, 0.25) is 5.15 Å². The van der Waals surface area contributed by atoms with Crippen molar-refractivity contribution in [2.24, 2.45) is 0 Å². The molecule has 0 aliphatic rings. The Morgan fingerprint density at radius 3 is 2.90 bits per heavy atom. The van der Waals surface area contributed by atoms with Crippen molar-refractivity contribution < 1.29 is 9.18 Å². The molecular weight excluding hydrogens is 283 g/mol. The number of carbonyl (C=O) groups is 1. The second-order valence-corrected chi connectivity index (χ2v) is 4.24. The Kier molecular flexibility index (Phi) is 3.82. The summed E-state index contributed by atoms with van der Waals surface area (Å²) >= 11 is 5.69. The number of anilines is 2. The van der Waals surface area contributed by atoms with Crippen molar-refractivity contribution in [3.05, 3.63) is 52.6 Å². The summed E-state index contributed by atoms with van der Waals surface area (Å²) in [5, 5.41) is 11.5. The van der Waals surface area contributed by atoms with Gasteiger partial charge >= 0.3 is 0 Å². The number of pyridine rings is 1. The standard InChI is InChI=1S/C13H8ClFN4O/c14-12-4-9(10(17)6-18-12)13(20)19-11-2-1-8(15)3-7(11)5-16/h1-4,6H,17H2,(H,19,20). The van der Waals surface area contributed by atoms with Crippen LogP contribution in [0.1, 0.15) is 15.9 Å². The van der Waals surface area contributed by atoms with Crippen LogP contribution in [-0.4, -0.2) is 10.9 Å². The molecule has 7 heteroatoms. The van der Waals surface area contributed by atoms with Gasteiger partial charge in [0.15, 0.2) is 0 Å². The fourth-order valence-electron chi connectivity index (χ4n) is 1.54. The maximum atomic E-state index is 13.0. The third-order valence-corrected chi connectivity index (χ3v) is 2.70. The highest BCUT2D eigenvalue weighted by atomic mass is 35.5. The smallest absolute Gasteiger partial charge is 0.257 e. The number of nitriles is 1. The van der Waals surface area contributed by atoms with E-state index in [4.69, 9.17) is 22.6 Å². The molecular formula is C13H8ClFN4O. The molecule has 100 valence electrons. The number of halogens is 2. The molecule has 0 bridgehead atoms. The quantitative estimate of drug-likeness (QED) is 0.832. The minimum absolute atomic E-state index is 0.0112. The van der Waals surface area contributed by atoms with E-state index in [0.29, 0.717) is 0 Å². The third-order valence-electron chi connectivity index (χ3n) is 2.50. The first-order chi connectivity index (χ1) is 9.51. The van der Waals surface area contributed by atoms with Crippen LogP contribution in [0, 0.1) is 17.1 Å². The molecule has 0 aliphatic carbocycles. The molecule has 1 amide bonds. The molecule has 1 aromatic carbocycles. The molecule has 3 N–H and O–H groups in total. The number of hydrogen-bond acceptors (Lipinski definition) is 4. The van der Waals surface area contributed by atoms with Crippen LogP contribution < -0.4 is 11.1 Å². The van der Waals surface area contributed by atoms with E-state index in [9.17, 15) is 9.18 Å². The fourth-order valence-corrected chi connectivity index (χ4v) is 1.70. The molecule has 0 saturated heterocycles. The van der Waals surface area contributed by atoms with Crippen molar-refractivity contribution in [2.75, 3.05) is 11.1 Å². The number of nitrogens with two attached hydrogens (primary N) is 1. The topological polar surface area (TPSA) is 91.8 Å². The molecule has 0 fully saturated rings. The maximum Gasteiger partial charge on any atom is 0.257 e. The van der Waals surface area contributed by atoms with Gasteiger partial charge < -0.3 is 11.1 Å². The summed E-state index contributed by atoms with van der Waals surface area (Å²) in [5.41, 5.74) is 6.10. The Hall–Kier alpha value is -2.65. The Bertz CT molecular complexity index is 727. The van der Waals surface area contributed by atoms with E-state index < -0.39 is 11.7 Å². The van der Waals surface area contributed by atoms with Crippen LogP contribution in [0.15, 0.2) is 30.5 Å². The fraction of sp³-hybridized carbons (Fsp3) is 0. The predicted molar refractivity (Wildman–Crippen MR) is 72.7 cm³/mol. The van der Waals surface area contributed by atoms with Crippen molar-refractivity contribution in [2.45, 2.75) is 0 Å². The second kappa shape index (κ2) is 5.55. The Morgan fingerprint density at radius 1 is 1.45 bits per heavy atom. The molecule has 2 aromatic rings. The zero-order valence-electron chi connectivity index (χ0n) is 10.0. The van der Waals surface area contributed by atoms with Crippen molar-refractivity contribution in [3.63, 3.8) is 0 Å². The van der Waals surface area contributed by atoms with Crippen molar-refractivity contribution >= 4 is 28.9 Å². The summed E-state index contributed by atoms with van der Waals surface area (Å²) in [6, 6.07) is 6.56. The van der Waals surface area contributed by atoms with E-state index in [1.54, 1.807) is 6.07 Å². The lowest BCUT2D eigenvalue weighted by Gasteiger charge is -2.09. The number of hydrogen-bond donors (Lipinski definition) is 2. The van der Waals surface area contributed by atoms with E-state index in [0.717, 1.165) is 12.1 Å². The van der Waals surface area contributed by atoms with E-state index >= 15 is 0 Å². The van der Waals surface area contributed by atoms with Crippen molar-refractivity contribution in [3.8, 4) is 6.07 Å². The number of amides is 1. The Balaban J connectivity index is 2.33. The summed E-state index contributed by atoms with van der Waals surface area (Å²) in [4.78, 5) is 15.8. The zero-order valence-corrected chi connectivity index (χ0v) is 10.8. The van der Waals surface area contributed by atoms with Crippen molar-refractivity contribution in [1.29, 1.82) is 5.26 Å². The second-order valence-electron chi connectivity index (χ2n) is 3.85. The summed E-state index contributed by atoms with van der Waals surface area (Å²) in [6.07, 6.45) is 1.26. The molecule has 0 unspecified atom stereocenters. The van der Waals surface area contributed by atoms with Gasteiger partial charge in [0.1, 0.15) is 17.0 Å². The van der Waals surface area contributed by atoms with E-state index in [1.165, 1.54) is 18.3 Å². The van der Waals surface area contributed by atoms with Gasteiger partial charge in [-0.3, -0.25) is 4.79 Å². The third kappa shape index (κ3) is 2.84. The first-order valence-electron chi connectivity index (χ1n) is 5.43. The number of nitrogen functional groups attached to an aromatic ring is 1. The Labute approximate surface area is 118 Å². The van der Waals surface area contributed by atoms with Gasteiger partial charge in [0.05, 0.1) is 28.7 Å². The largest absolute Gasteiger partial charge is 0.397 e. The van der Waals surface area contributed by atoms with Crippen molar-refractivity contribution in [1.82, 2.24) is 4.98 Å².